The van der Waals surface area contributed by atoms with Gasteiger partial charge in [0.15, 0.2) is 6.61 Å². The summed E-state index contributed by atoms with van der Waals surface area (Å²) in [7, 11) is 0. The number of aromatic nitrogens is 1. The second-order valence-electron chi connectivity index (χ2n) is 10.8. The summed E-state index contributed by atoms with van der Waals surface area (Å²) in [5.74, 6) is -2.17. The molecule has 14 heteroatoms. The highest BCUT2D eigenvalue weighted by Gasteiger charge is 2.32. The molecule has 0 bridgehead atoms. The molecule has 0 aliphatic carbocycles. The molecule has 2 N–H and O–H groups in total. The Balaban J connectivity index is 1.47. The summed E-state index contributed by atoms with van der Waals surface area (Å²) in [5, 5.41) is 12.6. The van der Waals surface area contributed by atoms with Crippen molar-refractivity contribution in [2.45, 2.75) is 51.6 Å². The number of fused-ring (bicyclic) bond motifs is 1. The molecule has 0 radical (unpaired) electrons. The predicted octanol–water partition coefficient (Wildman–Crippen LogP) is 1.91. The molecule has 45 heavy (non-hydrogen) atoms. The van der Waals surface area contributed by atoms with Gasteiger partial charge in [-0.05, 0) is 45.2 Å². The maximum atomic E-state index is 13.5. The van der Waals surface area contributed by atoms with Crippen LogP contribution >= 0.6 is 0 Å². The van der Waals surface area contributed by atoms with E-state index in [-0.39, 0.29) is 75.6 Å². The monoisotopic (exact) mass is 627 g/mol. The van der Waals surface area contributed by atoms with Crippen molar-refractivity contribution in [3.05, 3.63) is 36.0 Å². The molecule has 2 atom stereocenters. The fraction of sp³-hybridized carbons (Fsp3) is 0.548. The largest absolute Gasteiger partial charge is 0.483 e. The van der Waals surface area contributed by atoms with Gasteiger partial charge >= 0.3 is 12.1 Å². The standard InChI is InChI=1S/C31H41N5O9/c1-3-43-19-21-8-7-13-36(21)27(37)20-45-26-18-25(32-23-10-6-5-9-22(23)26)29(40)33-24(11-12-28(38)39)30(41)34-14-16-35(17-15-34)31(42)44-4-2/h5-6,9-10,18,21,24H,3-4,7-8,11-17,19-20H2,1-2H3,(H,33,40)(H,38,39). The molecule has 14 nitrogen and oxygen atoms in total. The highest BCUT2D eigenvalue weighted by Crippen LogP contribution is 2.26. The van der Waals surface area contributed by atoms with Crippen molar-refractivity contribution < 1.29 is 43.3 Å². The van der Waals surface area contributed by atoms with Crippen molar-refractivity contribution in [3.8, 4) is 5.75 Å². The van der Waals surface area contributed by atoms with Gasteiger partial charge in [-0.15, -0.1) is 0 Å². The van der Waals surface area contributed by atoms with Crippen molar-refractivity contribution in [3.63, 3.8) is 0 Å². The molecule has 2 fully saturated rings. The average molecular weight is 628 g/mol. The van der Waals surface area contributed by atoms with Gasteiger partial charge in [-0.1, -0.05) is 12.1 Å². The summed E-state index contributed by atoms with van der Waals surface area (Å²) in [5.41, 5.74) is 0.401. The van der Waals surface area contributed by atoms with E-state index >= 15 is 0 Å². The van der Waals surface area contributed by atoms with E-state index in [1.54, 1.807) is 36.1 Å². The number of nitrogens with one attached hydrogen (secondary N) is 1. The minimum absolute atomic E-state index is 0.00927. The van der Waals surface area contributed by atoms with Crippen LogP contribution in [0.2, 0.25) is 0 Å². The Hall–Kier alpha value is -4.46. The van der Waals surface area contributed by atoms with Crippen LogP contribution in [0.4, 0.5) is 4.79 Å². The van der Waals surface area contributed by atoms with Crippen molar-refractivity contribution in [1.29, 1.82) is 0 Å². The van der Waals surface area contributed by atoms with Gasteiger partial charge in [-0.3, -0.25) is 19.2 Å². The lowest BCUT2D eigenvalue weighted by atomic mass is 10.1. The number of ether oxygens (including phenoxy) is 3. The van der Waals surface area contributed by atoms with Crippen LogP contribution in [0.5, 0.6) is 5.75 Å². The first-order valence-electron chi connectivity index (χ1n) is 15.3. The zero-order valence-electron chi connectivity index (χ0n) is 25.7. The van der Waals surface area contributed by atoms with Crippen LogP contribution in [-0.4, -0.2) is 126 Å². The van der Waals surface area contributed by atoms with Gasteiger partial charge in [0.2, 0.25) is 5.91 Å². The predicted molar refractivity (Wildman–Crippen MR) is 162 cm³/mol. The second kappa shape index (κ2) is 16.0. The molecule has 2 saturated heterocycles. The van der Waals surface area contributed by atoms with E-state index in [1.807, 2.05) is 6.92 Å². The summed E-state index contributed by atoms with van der Waals surface area (Å²) >= 11 is 0. The third-order valence-corrected chi connectivity index (χ3v) is 7.84. The number of aliphatic carboxylic acids is 1. The van der Waals surface area contributed by atoms with Crippen molar-refractivity contribution in [1.82, 2.24) is 25.0 Å². The van der Waals surface area contributed by atoms with E-state index in [2.05, 4.69) is 10.3 Å². The third kappa shape index (κ3) is 8.81. The van der Waals surface area contributed by atoms with Crippen LogP contribution in [0.15, 0.2) is 30.3 Å². The number of amides is 4. The summed E-state index contributed by atoms with van der Waals surface area (Å²) in [4.78, 5) is 72.6. The van der Waals surface area contributed by atoms with E-state index in [9.17, 15) is 29.1 Å². The highest BCUT2D eigenvalue weighted by molar-refractivity contribution is 5.99. The molecule has 2 aromatic rings. The van der Waals surface area contributed by atoms with Gasteiger partial charge in [0, 0.05) is 57.2 Å². The number of pyridine rings is 1. The maximum absolute atomic E-state index is 13.5. The van der Waals surface area contributed by atoms with E-state index in [0.29, 0.717) is 30.7 Å². The number of nitrogens with zero attached hydrogens (tertiary/aromatic N) is 4. The van der Waals surface area contributed by atoms with Crippen molar-refractivity contribution >= 4 is 40.7 Å². The fourth-order valence-electron chi connectivity index (χ4n) is 5.49. The molecule has 2 unspecified atom stereocenters. The number of benzene rings is 1. The molecule has 0 saturated carbocycles. The molecule has 1 aromatic carbocycles. The number of carbonyl (C=O) groups excluding carboxylic acids is 4. The smallest absolute Gasteiger partial charge is 0.409 e. The lowest BCUT2D eigenvalue weighted by Crippen LogP contribution is -2.56. The topological polar surface area (TPSA) is 168 Å². The zero-order valence-corrected chi connectivity index (χ0v) is 25.7. The molecule has 2 aliphatic heterocycles. The van der Waals surface area contributed by atoms with E-state index in [0.717, 1.165) is 12.8 Å². The Bertz CT molecular complexity index is 1380. The molecule has 2 aliphatic rings. The van der Waals surface area contributed by atoms with Crippen LogP contribution in [0.1, 0.15) is 50.0 Å². The molecule has 1 aromatic heterocycles. The zero-order chi connectivity index (χ0) is 32.3. The SMILES string of the molecule is CCOCC1CCCN1C(=O)COc1cc(C(=O)NC(CCC(=O)O)C(=O)N2CCN(C(=O)OCC)CC2)nc2ccccc12. The third-order valence-electron chi connectivity index (χ3n) is 7.84. The Morgan fingerprint density at radius 2 is 1.76 bits per heavy atom. The molecular weight excluding hydrogens is 586 g/mol. The first-order valence-corrected chi connectivity index (χ1v) is 15.3. The Labute approximate surface area is 261 Å². The number of hydrogen-bond acceptors (Lipinski definition) is 9. The van der Waals surface area contributed by atoms with E-state index in [4.69, 9.17) is 14.2 Å². The first-order chi connectivity index (χ1) is 21.7. The molecule has 244 valence electrons. The highest BCUT2D eigenvalue weighted by atomic mass is 16.6. The summed E-state index contributed by atoms with van der Waals surface area (Å²) in [6.07, 6.45) is 0.795. The summed E-state index contributed by atoms with van der Waals surface area (Å²) in [6.45, 7) is 6.18. The quantitative estimate of drug-likeness (QED) is 0.335. The van der Waals surface area contributed by atoms with Crippen LogP contribution < -0.4 is 10.1 Å². The molecule has 4 rings (SSSR count). The van der Waals surface area contributed by atoms with Gasteiger partial charge in [0.25, 0.3) is 11.8 Å². The fourth-order valence-corrected chi connectivity index (χ4v) is 5.49. The van der Waals surface area contributed by atoms with Crippen molar-refractivity contribution in [2.75, 3.05) is 59.2 Å². The van der Waals surface area contributed by atoms with Gasteiger partial charge < -0.3 is 39.3 Å². The Morgan fingerprint density at radius 1 is 1.02 bits per heavy atom. The number of carboxylic acids is 1. The maximum Gasteiger partial charge on any atom is 0.409 e. The number of hydrogen-bond donors (Lipinski definition) is 2. The normalized spacial score (nSPS) is 17.2. The minimum Gasteiger partial charge on any atom is -0.483 e. The number of carbonyl (C=O) groups is 5. The van der Waals surface area contributed by atoms with E-state index < -0.39 is 29.9 Å². The lowest BCUT2D eigenvalue weighted by molar-refractivity contribution is -0.138. The summed E-state index contributed by atoms with van der Waals surface area (Å²) in [6, 6.07) is 7.29. The number of piperazine rings is 1. The van der Waals surface area contributed by atoms with Gasteiger partial charge in [0.1, 0.15) is 17.5 Å². The average Bonchev–Trinajstić information content (AvgIpc) is 3.52. The van der Waals surface area contributed by atoms with Crippen LogP contribution in [-0.2, 0) is 23.9 Å². The number of likely N-dealkylation sites (tertiary alicyclic amines) is 1. The minimum atomic E-state index is -1.14. The van der Waals surface area contributed by atoms with E-state index in [1.165, 1.54) is 15.9 Å². The van der Waals surface area contributed by atoms with Crippen molar-refractivity contribution in [2.24, 2.45) is 0 Å². The van der Waals surface area contributed by atoms with Gasteiger partial charge in [-0.25, -0.2) is 9.78 Å². The Kier molecular flexibility index (Phi) is 11.9. The number of carboxylic acid groups (broad SMARTS) is 1. The number of para-hydroxylation sites is 1. The molecule has 0 spiro atoms. The lowest BCUT2D eigenvalue weighted by Gasteiger charge is -2.35. The molecule has 3 heterocycles. The van der Waals surface area contributed by atoms with Crippen LogP contribution in [0.25, 0.3) is 10.9 Å². The molecular formula is C31H41N5O9. The van der Waals surface area contributed by atoms with Crippen LogP contribution in [0.3, 0.4) is 0 Å². The van der Waals surface area contributed by atoms with Crippen LogP contribution in [0, 0.1) is 0 Å². The van der Waals surface area contributed by atoms with Gasteiger partial charge in [0.05, 0.1) is 24.8 Å². The Morgan fingerprint density at radius 3 is 2.47 bits per heavy atom. The first kappa shape index (κ1) is 33.4. The molecule has 4 amide bonds. The summed E-state index contributed by atoms with van der Waals surface area (Å²) < 4.78 is 16.5. The van der Waals surface area contributed by atoms with Gasteiger partial charge in [-0.2, -0.15) is 0 Å². The number of rotatable bonds is 13. The second-order valence-corrected chi connectivity index (χ2v) is 10.8.